The molecule has 1 saturated carbocycles. The van der Waals surface area contributed by atoms with E-state index in [4.69, 9.17) is 5.73 Å². The van der Waals surface area contributed by atoms with Crippen LogP contribution in [-0.4, -0.2) is 11.0 Å². The van der Waals surface area contributed by atoms with Crippen LogP contribution in [0.2, 0.25) is 0 Å². The molecule has 1 aliphatic rings. The van der Waals surface area contributed by atoms with Crippen LogP contribution in [0.4, 0.5) is 11.4 Å². The van der Waals surface area contributed by atoms with E-state index in [0.29, 0.717) is 6.04 Å². The highest BCUT2D eigenvalue weighted by Gasteiger charge is 2.21. The number of nitrogen functional groups attached to an aromatic ring is 1. The standard InChI is InChI=1S/C16H21N3/c1-11(12-5-2-3-6-12)19-15-9-8-14(17)16-13(15)7-4-10-18-16/h4,7-12,19H,2-3,5-6,17H2,1H3. The van der Waals surface area contributed by atoms with Crippen molar-refractivity contribution in [1.82, 2.24) is 4.98 Å². The molecule has 0 saturated heterocycles. The van der Waals surface area contributed by atoms with Crippen molar-refractivity contribution in [3.05, 3.63) is 30.5 Å². The van der Waals surface area contributed by atoms with E-state index in [9.17, 15) is 0 Å². The average molecular weight is 255 g/mol. The Bertz CT molecular complexity index is 573. The summed E-state index contributed by atoms with van der Waals surface area (Å²) in [6, 6.07) is 8.58. The molecule has 1 unspecified atom stereocenters. The molecule has 2 aromatic rings. The summed E-state index contributed by atoms with van der Waals surface area (Å²) in [4.78, 5) is 4.38. The van der Waals surface area contributed by atoms with Crippen LogP contribution in [0.1, 0.15) is 32.6 Å². The van der Waals surface area contributed by atoms with Gasteiger partial charge in [0.2, 0.25) is 0 Å². The molecule has 1 aromatic heterocycles. The van der Waals surface area contributed by atoms with Crippen molar-refractivity contribution in [2.75, 3.05) is 11.1 Å². The Morgan fingerprint density at radius 3 is 2.84 bits per heavy atom. The van der Waals surface area contributed by atoms with Gasteiger partial charge in [-0.2, -0.15) is 0 Å². The Morgan fingerprint density at radius 1 is 1.26 bits per heavy atom. The molecule has 100 valence electrons. The monoisotopic (exact) mass is 255 g/mol. The minimum absolute atomic E-state index is 0.509. The number of anilines is 2. The first-order valence-corrected chi connectivity index (χ1v) is 7.15. The highest BCUT2D eigenvalue weighted by Crippen LogP contribution is 2.32. The number of nitrogens with zero attached hydrogens (tertiary/aromatic N) is 1. The van der Waals surface area contributed by atoms with Gasteiger partial charge in [0.05, 0.1) is 11.2 Å². The van der Waals surface area contributed by atoms with Gasteiger partial charge < -0.3 is 11.1 Å². The van der Waals surface area contributed by atoms with Crippen molar-refractivity contribution in [2.24, 2.45) is 5.92 Å². The van der Waals surface area contributed by atoms with E-state index in [2.05, 4.69) is 29.4 Å². The number of pyridine rings is 1. The Morgan fingerprint density at radius 2 is 2.05 bits per heavy atom. The summed E-state index contributed by atoms with van der Waals surface area (Å²) in [6.45, 7) is 2.29. The molecule has 1 atom stereocenters. The number of hydrogen-bond donors (Lipinski definition) is 2. The van der Waals surface area contributed by atoms with Crippen molar-refractivity contribution >= 4 is 22.3 Å². The molecule has 0 amide bonds. The van der Waals surface area contributed by atoms with Crippen LogP contribution >= 0.6 is 0 Å². The van der Waals surface area contributed by atoms with Crippen molar-refractivity contribution in [3.8, 4) is 0 Å². The van der Waals surface area contributed by atoms with Crippen molar-refractivity contribution in [3.63, 3.8) is 0 Å². The third kappa shape index (κ3) is 2.37. The Kier molecular flexibility index (Phi) is 3.28. The summed E-state index contributed by atoms with van der Waals surface area (Å²) in [5.74, 6) is 0.796. The predicted octanol–water partition coefficient (Wildman–Crippen LogP) is 3.81. The van der Waals surface area contributed by atoms with E-state index in [1.165, 1.54) is 25.7 Å². The van der Waals surface area contributed by atoms with Crippen molar-refractivity contribution in [2.45, 2.75) is 38.6 Å². The summed E-state index contributed by atoms with van der Waals surface area (Å²) >= 11 is 0. The molecule has 0 bridgehead atoms. The van der Waals surface area contributed by atoms with Crippen LogP contribution in [-0.2, 0) is 0 Å². The molecule has 1 aliphatic carbocycles. The average Bonchev–Trinajstić information content (AvgIpc) is 2.96. The van der Waals surface area contributed by atoms with E-state index >= 15 is 0 Å². The first-order chi connectivity index (χ1) is 9.25. The second kappa shape index (κ2) is 5.08. The quantitative estimate of drug-likeness (QED) is 0.820. The Hall–Kier alpha value is -1.77. The molecular weight excluding hydrogens is 234 g/mol. The zero-order valence-corrected chi connectivity index (χ0v) is 11.4. The molecule has 3 nitrogen and oxygen atoms in total. The number of nitrogens with two attached hydrogens (primary N) is 1. The van der Waals surface area contributed by atoms with E-state index in [0.717, 1.165) is 28.2 Å². The SMILES string of the molecule is CC(Nc1ccc(N)c2ncccc12)C1CCCC1. The highest BCUT2D eigenvalue weighted by molar-refractivity contribution is 5.98. The van der Waals surface area contributed by atoms with E-state index in [1.54, 1.807) is 6.20 Å². The first-order valence-electron chi connectivity index (χ1n) is 7.15. The van der Waals surface area contributed by atoms with Crippen LogP contribution in [0.25, 0.3) is 10.9 Å². The molecule has 0 radical (unpaired) electrons. The van der Waals surface area contributed by atoms with Gasteiger partial charge in [-0.1, -0.05) is 12.8 Å². The van der Waals surface area contributed by atoms with Crippen LogP contribution in [0, 0.1) is 5.92 Å². The molecule has 3 N–H and O–H groups in total. The maximum absolute atomic E-state index is 5.99. The third-order valence-electron chi connectivity index (χ3n) is 4.29. The Balaban J connectivity index is 1.90. The van der Waals surface area contributed by atoms with Crippen LogP contribution in [0.15, 0.2) is 30.5 Å². The molecule has 1 aromatic carbocycles. The lowest BCUT2D eigenvalue weighted by Crippen LogP contribution is -2.23. The van der Waals surface area contributed by atoms with Gasteiger partial charge in [-0.3, -0.25) is 4.98 Å². The largest absolute Gasteiger partial charge is 0.397 e. The molecular formula is C16H21N3. The fraction of sp³-hybridized carbons (Fsp3) is 0.438. The minimum Gasteiger partial charge on any atom is -0.397 e. The van der Waals surface area contributed by atoms with Crippen LogP contribution < -0.4 is 11.1 Å². The number of nitrogens with one attached hydrogen (secondary N) is 1. The summed E-state index contributed by atoms with van der Waals surface area (Å²) in [5, 5.41) is 4.78. The number of benzene rings is 1. The van der Waals surface area contributed by atoms with Gasteiger partial charge in [-0.15, -0.1) is 0 Å². The summed E-state index contributed by atoms with van der Waals surface area (Å²) in [6.07, 6.45) is 7.24. The number of hydrogen-bond acceptors (Lipinski definition) is 3. The fourth-order valence-electron chi connectivity index (χ4n) is 3.14. The zero-order valence-electron chi connectivity index (χ0n) is 11.4. The van der Waals surface area contributed by atoms with Crippen molar-refractivity contribution in [1.29, 1.82) is 0 Å². The van der Waals surface area contributed by atoms with Gasteiger partial charge in [0, 0.05) is 23.3 Å². The second-order valence-electron chi connectivity index (χ2n) is 5.58. The van der Waals surface area contributed by atoms with Crippen molar-refractivity contribution < 1.29 is 0 Å². The topological polar surface area (TPSA) is 50.9 Å². The predicted molar refractivity (Wildman–Crippen MR) is 81.2 cm³/mol. The molecule has 3 heteroatoms. The van der Waals surface area contributed by atoms with E-state index < -0.39 is 0 Å². The Labute approximate surface area is 114 Å². The maximum atomic E-state index is 5.99. The number of aromatic nitrogens is 1. The van der Waals surface area contributed by atoms with Gasteiger partial charge in [-0.25, -0.2) is 0 Å². The summed E-state index contributed by atoms with van der Waals surface area (Å²) in [7, 11) is 0. The minimum atomic E-state index is 0.509. The van der Waals surface area contributed by atoms with E-state index in [-0.39, 0.29) is 0 Å². The smallest absolute Gasteiger partial charge is 0.0951 e. The van der Waals surface area contributed by atoms with Gasteiger partial charge in [-0.05, 0) is 49.9 Å². The normalized spacial score (nSPS) is 17.7. The van der Waals surface area contributed by atoms with Crippen LogP contribution in [0.3, 0.4) is 0 Å². The first kappa shape index (κ1) is 12.3. The van der Waals surface area contributed by atoms with Crippen LogP contribution in [0.5, 0.6) is 0 Å². The van der Waals surface area contributed by atoms with Gasteiger partial charge in [0.15, 0.2) is 0 Å². The maximum Gasteiger partial charge on any atom is 0.0951 e. The van der Waals surface area contributed by atoms with E-state index in [1.807, 2.05) is 12.1 Å². The summed E-state index contributed by atoms with van der Waals surface area (Å²) < 4.78 is 0. The number of fused-ring (bicyclic) bond motifs is 1. The zero-order chi connectivity index (χ0) is 13.2. The van der Waals surface area contributed by atoms with Gasteiger partial charge >= 0.3 is 0 Å². The second-order valence-corrected chi connectivity index (χ2v) is 5.58. The molecule has 1 fully saturated rings. The number of rotatable bonds is 3. The third-order valence-corrected chi connectivity index (χ3v) is 4.29. The summed E-state index contributed by atoms with van der Waals surface area (Å²) in [5.41, 5.74) is 8.78. The molecule has 1 heterocycles. The van der Waals surface area contributed by atoms with Gasteiger partial charge in [0.25, 0.3) is 0 Å². The molecule has 0 aliphatic heterocycles. The molecule has 0 spiro atoms. The lowest BCUT2D eigenvalue weighted by molar-refractivity contribution is 0.482. The highest BCUT2D eigenvalue weighted by atomic mass is 14.9. The lowest BCUT2D eigenvalue weighted by Gasteiger charge is -2.22. The van der Waals surface area contributed by atoms with Gasteiger partial charge in [0.1, 0.15) is 0 Å². The lowest BCUT2D eigenvalue weighted by atomic mass is 9.99. The fourth-order valence-corrected chi connectivity index (χ4v) is 3.14. The molecule has 19 heavy (non-hydrogen) atoms. The molecule has 3 rings (SSSR count).